The molecule has 0 aliphatic heterocycles. The lowest BCUT2D eigenvalue weighted by molar-refractivity contribution is -0.120. The highest BCUT2D eigenvalue weighted by molar-refractivity contribution is 7.99. The van der Waals surface area contributed by atoms with Gasteiger partial charge in [0.2, 0.25) is 5.91 Å². The lowest BCUT2D eigenvalue weighted by atomic mass is 10.1. The predicted molar refractivity (Wildman–Crippen MR) is 75.7 cm³/mol. The van der Waals surface area contributed by atoms with E-state index < -0.39 is 0 Å². The number of thioether (sulfide) groups is 1. The van der Waals surface area contributed by atoms with Crippen LogP contribution < -0.4 is 5.32 Å². The summed E-state index contributed by atoms with van der Waals surface area (Å²) >= 11 is 7.37. The van der Waals surface area contributed by atoms with E-state index in [1.807, 2.05) is 44.4 Å². The minimum absolute atomic E-state index is 0.00247. The Morgan fingerprint density at radius 2 is 1.94 bits per heavy atom. The van der Waals surface area contributed by atoms with Crippen LogP contribution in [-0.4, -0.2) is 23.5 Å². The highest BCUT2D eigenvalue weighted by Gasteiger charge is 2.13. The molecule has 2 nitrogen and oxygen atoms in total. The van der Waals surface area contributed by atoms with Gasteiger partial charge in [-0.3, -0.25) is 4.79 Å². The summed E-state index contributed by atoms with van der Waals surface area (Å²) in [6, 6.07) is 7.86. The van der Waals surface area contributed by atoms with Crippen LogP contribution in [0.1, 0.15) is 19.4 Å². The van der Waals surface area contributed by atoms with Gasteiger partial charge in [0, 0.05) is 11.1 Å². The van der Waals surface area contributed by atoms with Gasteiger partial charge < -0.3 is 5.32 Å². The monoisotopic (exact) mass is 271 g/mol. The highest BCUT2D eigenvalue weighted by Crippen LogP contribution is 2.11. The third-order valence-corrected chi connectivity index (χ3v) is 3.74. The number of amides is 1. The fourth-order valence-electron chi connectivity index (χ4n) is 1.49. The van der Waals surface area contributed by atoms with Crippen molar-refractivity contribution >= 4 is 29.3 Å². The largest absolute Gasteiger partial charge is 0.352 e. The van der Waals surface area contributed by atoms with Crippen molar-refractivity contribution in [1.29, 1.82) is 0 Å². The summed E-state index contributed by atoms with van der Waals surface area (Å²) in [6.07, 6.45) is 2.76. The average molecular weight is 272 g/mol. The first kappa shape index (κ1) is 14.4. The molecule has 0 fully saturated rings. The van der Waals surface area contributed by atoms with Crippen LogP contribution in [0.2, 0.25) is 5.02 Å². The van der Waals surface area contributed by atoms with Crippen molar-refractivity contribution in [1.82, 2.24) is 5.32 Å². The van der Waals surface area contributed by atoms with Crippen molar-refractivity contribution < 1.29 is 4.79 Å². The normalized spacial score (nSPS) is 14.1. The number of hydrogen-bond donors (Lipinski definition) is 1. The molecule has 1 aromatic rings. The Balaban J connectivity index is 2.47. The maximum atomic E-state index is 11.7. The number of carbonyl (C=O) groups is 1. The number of carbonyl (C=O) groups excluding carboxylic acids is 1. The van der Waals surface area contributed by atoms with Crippen LogP contribution in [0.25, 0.3) is 0 Å². The molecule has 94 valence electrons. The lowest BCUT2D eigenvalue weighted by Crippen LogP contribution is -2.38. The zero-order valence-corrected chi connectivity index (χ0v) is 11.9. The van der Waals surface area contributed by atoms with Crippen LogP contribution >= 0.6 is 23.4 Å². The van der Waals surface area contributed by atoms with E-state index in [1.54, 1.807) is 11.8 Å². The second-order valence-electron chi connectivity index (χ2n) is 4.12. The van der Waals surface area contributed by atoms with E-state index in [2.05, 4.69) is 5.32 Å². The van der Waals surface area contributed by atoms with Gasteiger partial charge in [0.15, 0.2) is 0 Å². The number of benzene rings is 1. The second-order valence-corrected chi connectivity index (χ2v) is 5.73. The van der Waals surface area contributed by atoms with E-state index >= 15 is 0 Å². The number of halogens is 1. The van der Waals surface area contributed by atoms with E-state index in [4.69, 9.17) is 11.6 Å². The van der Waals surface area contributed by atoms with Crippen LogP contribution in [0, 0.1) is 0 Å². The third-order valence-electron chi connectivity index (χ3n) is 2.57. The molecule has 0 heterocycles. The Kier molecular flexibility index (Phi) is 5.86. The molecule has 0 saturated carbocycles. The zero-order valence-electron chi connectivity index (χ0n) is 10.4. The molecule has 1 N–H and O–H groups in total. The van der Waals surface area contributed by atoms with Crippen LogP contribution in [0.15, 0.2) is 24.3 Å². The Hall–Kier alpha value is -0.670. The fraction of sp³-hybridized carbons (Fsp3) is 0.462. The van der Waals surface area contributed by atoms with Gasteiger partial charge in [-0.25, -0.2) is 0 Å². The topological polar surface area (TPSA) is 29.1 Å². The SMILES string of the molecule is CS[C@@H](C)C(=O)N[C@H](C)Cc1ccc(Cl)cc1. The molecule has 0 bridgehead atoms. The molecule has 0 radical (unpaired) electrons. The highest BCUT2D eigenvalue weighted by atomic mass is 35.5. The summed E-state index contributed by atoms with van der Waals surface area (Å²) in [7, 11) is 0. The maximum Gasteiger partial charge on any atom is 0.233 e. The van der Waals surface area contributed by atoms with Crippen molar-refractivity contribution in [2.24, 2.45) is 0 Å². The molecule has 0 aliphatic carbocycles. The van der Waals surface area contributed by atoms with E-state index in [0.717, 1.165) is 11.4 Å². The van der Waals surface area contributed by atoms with Gasteiger partial charge in [-0.05, 0) is 44.2 Å². The van der Waals surface area contributed by atoms with E-state index in [0.29, 0.717) is 0 Å². The van der Waals surface area contributed by atoms with Crippen LogP contribution in [0.4, 0.5) is 0 Å². The molecule has 2 atom stereocenters. The second kappa shape index (κ2) is 6.92. The molecule has 1 rings (SSSR count). The summed E-state index contributed by atoms with van der Waals surface area (Å²) in [5.74, 6) is 0.0963. The van der Waals surface area contributed by atoms with Crippen molar-refractivity contribution in [3.05, 3.63) is 34.9 Å². The smallest absolute Gasteiger partial charge is 0.233 e. The van der Waals surface area contributed by atoms with E-state index in [1.165, 1.54) is 5.56 Å². The van der Waals surface area contributed by atoms with Gasteiger partial charge in [-0.1, -0.05) is 23.7 Å². The first-order valence-corrected chi connectivity index (χ1v) is 7.27. The molecule has 17 heavy (non-hydrogen) atoms. The summed E-state index contributed by atoms with van der Waals surface area (Å²) in [6.45, 7) is 3.93. The van der Waals surface area contributed by atoms with Gasteiger partial charge in [0.1, 0.15) is 0 Å². The van der Waals surface area contributed by atoms with Crippen LogP contribution in [0.3, 0.4) is 0 Å². The Morgan fingerprint density at radius 3 is 2.47 bits per heavy atom. The molecule has 0 unspecified atom stereocenters. The standard InChI is InChI=1S/C13H18ClNOS/c1-9(15-13(16)10(2)17-3)8-11-4-6-12(14)7-5-11/h4-7,9-10H,8H2,1-3H3,(H,15,16)/t9-,10+/m1/s1. The summed E-state index contributed by atoms with van der Waals surface area (Å²) in [5.41, 5.74) is 1.18. The zero-order chi connectivity index (χ0) is 12.8. The number of hydrogen-bond acceptors (Lipinski definition) is 2. The molecule has 0 aromatic heterocycles. The summed E-state index contributed by atoms with van der Waals surface area (Å²) in [5, 5.41) is 3.74. The van der Waals surface area contributed by atoms with Crippen molar-refractivity contribution in [2.75, 3.05) is 6.26 Å². The van der Waals surface area contributed by atoms with Gasteiger partial charge >= 0.3 is 0 Å². The minimum Gasteiger partial charge on any atom is -0.352 e. The fourth-order valence-corrected chi connectivity index (χ4v) is 1.90. The van der Waals surface area contributed by atoms with Crippen LogP contribution in [0.5, 0.6) is 0 Å². The predicted octanol–water partition coefficient (Wildman–Crippen LogP) is 3.14. The molecular weight excluding hydrogens is 254 g/mol. The molecule has 0 saturated heterocycles. The third kappa shape index (κ3) is 5.00. The lowest BCUT2D eigenvalue weighted by Gasteiger charge is -2.16. The number of rotatable bonds is 5. The Morgan fingerprint density at radius 1 is 1.35 bits per heavy atom. The van der Waals surface area contributed by atoms with Crippen molar-refractivity contribution in [2.45, 2.75) is 31.6 Å². The maximum absolute atomic E-state index is 11.7. The summed E-state index contributed by atoms with van der Waals surface area (Å²) < 4.78 is 0. The van der Waals surface area contributed by atoms with E-state index in [9.17, 15) is 4.79 Å². The van der Waals surface area contributed by atoms with Crippen molar-refractivity contribution in [3.63, 3.8) is 0 Å². The van der Waals surface area contributed by atoms with Gasteiger partial charge in [0.05, 0.1) is 5.25 Å². The molecule has 1 aromatic carbocycles. The van der Waals surface area contributed by atoms with Crippen LogP contribution in [-0.2, 0) is 11.2 Å². The van der Waals surface area contributed by atoms with Gasteiger partial charge in [-0.2, -0.15) is 11.8 Å². The molecule has 1 amide bonds. The first-order chi connectivity index (χ1) is 8.02. The molecule has 0 spiro atoms. The minimum atomic E-state index is 0.00247. The quantitative estimate of drug-likeness (QED) is 0.891. The molecule has 4 heteroatoms. The van der Waals surface area contributed by atoms with E-state index in [-0.39, 0.29) is 17.2 Å². The Bertz CT molecular complexity index is 366. The Labute approximate surface area is 112 Å². The molecule has 0 aliphatic rings. The van der Waals surface area contributed by atoms with Crippen molar-refractivity contribution in [3.8, 4) is 0 Å². The average Bonchev–Trinajstić information content (AvgIpc) is 2.30. The first-order valence-electron chi connectivity index (χ1n) is 5.60. The number of nitrogens with one attached hydrogen (secondary N) is 1. The molecular formula is C13H18ClNOS. The van der Waals surface area contributed by atoms with Gasteiger partial charge in [-0.15, -0.1) is 0 Å². The summed E-state index contributed by atoms with van der Waals surface area (Å²) in [4.78, 5) is 11.7. The van der Waals surface area contributed by atoms with Gasteiger partial charge in [0.25, 0.3) is 0 Å².